The van der Waals surface area contributed by atoms with Crippen molar-refractivity contribution in [3.63, 3.8) is 0 Å². The average Bonchev–Trinajstić information content (AvgIpc) is 2.74. The van der Waals surface area contributed by atoms with Crippen LogP contribution in [0.1, 0.15) is 24.8 Å². The van der Waals surface area contributed by atoms with E-state index in [-0.39, 0.29) is 6.79 Å². The van der Waals surface area contributed by atoms with Crippen LogP contribution in [0.15, 0.2) is 10.5 Å². The van der Waals surface area contributed by atoms with Crippen LogP contribution in [0.5, 0.6) is 17.2 Å². The van der Waals surface area contributed by atoms with E-state index in [4.69, 9.17) is 14.2 Å². The molecule has 102 valence electrons. The van der Waals surface area contributed by atoms with Crippen LogP contribution in [-0.2, 0) is 10.2 Å². The molecule has 19 heavy (non-hydrogen) atoms. The molecule has 0 unspecified atom stereocenters. The Morgan fingerprint density at radius 2 is 2.21 bits per heavy atom. The van der Waals surface area contributed by atoms with E-state index in [2.05, 4.69) is 15.9 Å². The van der Waals surface area contributed by atoms with Crippen molar-refractivity contribution in [2.75, 3.05) is 13.9 Å². The number of halogens is 1. The van der Waals surface area contributed by atoms with Crippen LogP contribution in [0.4, 0.5) is 0 Å². The molecule has 0 bridgehead atoms. The maximum atomic E-state index is 11.7. The Bertz CT molecular complexity index is 547. The molecule has 1 aromatic rings. The second kappa shape index (κ2) is 4.30. The molecule has 1 N–H and O–H groups in total. The van der Waals surface area contributed by atoms with Gasteiger partial charge in [-0.05, 0) is 28.8 Å². The molecule has 0 saturated heterocycles. The standard InChI is InChI=1S/C13H13BrO5/c1-17-10-7(14)5-8-11(19-6-18-8)9(10)13(12(15)16)3-2-4-13/h5H,2-4,6H2,1H3,(H,15,16). The van der Waals surface area contributed by atoms with E-state index < -0.39 is 11.4 Å². The summed E-state index contributed by atoms with van der Waals surface area (Å²) in [5.74, 6) is 0.747. The number of hydrogen-bond acceptors (Lipinski definition) is 4. The van der Waals surface area contributed by atoms with Crippen molar-refractivity contribution in [1.82, 2.24) is 0 Å². The molecular formula is C13H13BrO5. The fourth-order valence-corrected chi connectivity index (χ4v) is 3.30. The summed E-state index contributed by atoms with van der Waals surface area (Å²) >= 11 is 3.40. The molecular weight excluding hydrogens is 316 g/mol. The van der Waals surface area contributed by atoms with Gasteiger partial charge < -0.3 is 19.3 Å². The minimum absolute atomic E-state index is 0.109. The van der Waals surface area contributed by atoms with E-state index in [1.165, 1.54) is 7.11 Å². The van der Waals surface area contributed by atoms with Gasteiger partial charge in [-0.2, -0.15) is 0 Å². The second-order valence-corrected chi connectivity index (χ2v) is 5.60. The number of hydrogen-bond donors (Lipinski definition) is 1. The van der Waals surface area contributed by atoms with Crippen LogP contribution in [0.2, 0.25) is 0 Å². The zero-order chi connectivity index (χ0) is 13.6. The van der Waals surface area contributed by atoms with Crippen LogP contribution < -0.4 is 14.2 Å². The van der Waals surface area contributed by atoms with E-state index in [1.807, 2.05) is 0 Å². The first-order valence-corrected chi connectivity index (χ1v) is 6.79. The molecule has 0 radical (unpaired) electrons. The summed E-state index contributed by atoms with van der Waals surface area (Å²) in [4.78, 5) is 11.7. The number of carboxylic acid groups (broad SMARTS) is 1. The van der Waals surface area contributed by atoms with Gasteiger partial charge in [0.2, 0.25) is 6.79 Å². The lowest BCUT2D eigenvalue weighted by Crippen LogP contribution is -2.42. The smallest absolute Gasteiger partial charge is 0.314 e. The topological polar surface area (TPSA) is 65.0 Å². The fourth-order valence-electron chi connectivity index (χ4n) is 2.73. The van der Waals surface area contributed by atoms with Gasteiger partial charge in [0.25, 0.3) is 0 Å². The van der Waals surface area contributed by atoms with Gasteiger partial charge in [-0.25, -0.2) is 0 Å². The normalized spacial score (nSPS) is 18.8. The quantitative estimate of drug-likeness (QED) is 0.924. The van der Waals surface area contributed by atoms with E-state index in [9.17, 15) is 9.90 Å². The van der Waals surface area contributed by atoms with Crippen molar-refractivity contribution in [3.8, 4) is 17.2 Å². The first-order valence-electron chi connectivity index (χ1n) is 6.00. The van der Waals surface area contributed by atoms with Crippen molar-refractivity contribution in [2.45, 2.75) is 24.7 Å². The summed E-state index contributed by atoms with van der Waals surface area (Å²) < 4.78 is 16.9. The number of aliphatic carboxylic acids is 1. The summed E-state index contributed by atoms with van der Waals surface area (Å²) in [6, 6.07) is 1.75. The predicted molar refractivity (Wildman–Crippen MR) is 70.0 cm³/mol. The summed E-state index contributed by atoms with van der Waals surface area (Å²) in [7, 11) is 1.53. The molecule has 1 fully saturated rings. The summed E-state index contributed by atoms with van der Waals surface area (Å²) in [5.41, 5.74) is -0.331. The van der Waals surface area contributed by atoms with Gasteiger partial charge in [0.15, 0.2) is 11.5 Å². The molecule has 1 heterocycles. The highest BCUT2D eigenvalue weighted by Gasteiger charge is 2.51. The maximum absolute atomic E-state index is 11.7. The Morgan fingerprint density at radius 3 is 2.74 bits per heavy atom. The molecule has 1 aromatic carbocycles. The molecule has 0 spiro atoms. The van der Waals surface area contributed by atoms with Crippen molar-refractivity contribution in [3.05, 3.63) is 16.1 Å². The Labute approximate surface area is 118 Å². The van der Waals surface area contributed by atoms with E-state index in [0.717, 1.165) is 6.42 Å². The van der Waals surface area contributed by atoms with E-state index in [1.54, 1.807) is 6.07 Å². The lowest BCUT2D eigenvalue weighted by molar-refractivity contribution is -0.147. The molecule has 2 aliphatic rings. The molecule has 0 amide bonds. The molecule has 1 aliphatic carbocycles. The van der Waals surface area contributed by atoms with Crippen LogP contribution in [0, 0.1) is 0 Å². The third-order valence-electron chi connectivity index (χ3n) is 3.87. The van der Waals surface area contributed by atoms with Crippen LogP contribution in [-0.4, -0.2) is 25.0 Å². The van der Waals surface area contributed by atoms with Crippen LogP contribution in [0.25, 0.3) is 0 Å². The molecule has 0 aromatic heterocycles. The number of fused-ring (bicyclic) bond motifs is 1. The number of carboxylic acids is 1. The third-order valence-corrected chi connectivity index (χ3v) is 4.46. The highest BCUT2D eigenvalue weighted by molar-refractivity contribution is 9.10. The Balaban J connectivity index is 2.27. The highest BCUT2D eigenvalue weighted by Crippen LogP contribution is 2.56. The maximum Gasteiger partial charge on any atom is 0.314 e. The molecule has 0 atom stereocenters. The molecule has 6 heteroatoms. The third kappa shape index (κ3) is 1.62. The van der Waals surface area contributed by atoms with Crippen molar-refractivity contribution in [2.24, 2.45) is 0 Å². The van der Waals surface area contributed by atoms with Gasteiger partial charge in [-0.15, -0.1) is 0 Å². The fraction of sp³-hybridized carbons (Fsp3) is 0.462. The Hall–Kier alpha value is -1.43. The highest BCUT2D eigenvalue weighted by atomic mass is 79.9. The molecule has 5 nitrogen and oxygen atoms in total. The van der Waals surface area contributed by atoms with Crippen LogP contribution >= 0.6 is 15.9 Å². The molecule has 3 rings (SSSR count). The van der Waals surface area contributed by atoms with Crippen molar-refractivity contribution >= 4 is 21.9 Å². The first-order chi connectivity index (χ1) is 9.10. The Morgan fingerprint density at radius 1 is 1.47 bits per heavy atom. The number of methoxy groups -OCH3 is 1. The lowest BCUT2D eigenvalue weighted by atomic mass is 9.64. The minimum atomic E-state index is -0.924. The van der Waals surface area contributed by atoms with Crippen LogP contribution in [0.3, 0.4) is 0 Å². The summed E-state index contributed by atoms with van der Waals surface area (Å²) in [5, 5.41) is 9.61. The average molecular weight is 329 g/mol. The minimum Gasteiger partial charge on any atom is -0.495 e. The molecule has 1 saturated carbocycles. The van der Waals surface area contributed by atoms with Gasteiger partial charge in [0, 0.05) is 6.07 Å². The van der Waals surface area contributed by atoms with E-state index in [0.29, 0.717) is 40.1 Å². The van der Waals surface area contributed by atoms with Gasteiger partial charge in [0.1, 0.15) is 11.2 Å². The summed E-state index contributed by atoms with van der Waals surface area (Å²) in [6.07, 6.45) is 2.06. The van der Waals surface area contributed by atoms with Crippen molar-refractivity contribution < 1.29 is 24.1 Å². The zero-order valence-electron chi connectivity index (χ0n) is 10.4. The zero-order valence-corrected chi connectivity index (χ0v) is 11.9. The van der Waals surface area contributed by atoms with Gasteiger partial charge in [0.05, 0.1) is 17.1 Å². The number of benzene rings is 1. The van der Waals surface area contributed by atoms with E-state index >= 15 is 0 Å². The lowest BCUT2D eigenvalue weighted by Gasteiger charge is -2.39. The van der Waals surface area contributed by atoms with Gasteiger partial charge in [-0.1, -0.05) is 6.42 Å². The SMILES string of the molecule is COc1c(Br)cc2c(c1C1(C(=O)O)CCC1)OCO2. The monoisotopic (exact) mass is 328 g/mol. The largest absolute Gasteiger partial charge is 0.495 e. The summed E-state index contributed by atoms with van der Waals surface area (Å²) in [6.45, 7) is 0.109. The first kappa shape index (κ1) is 12.6. The van der Waals surface area contributed by atoms with Gasteiger partial charge >= 0.3 is 5.97 Å². The number of rotatable bonds is 3. The second-order valence-electron chi connectivity index (χ2n) is 4.74. The Kier molecular flexibility index (Phi) is 2.85. The predicted octanol–water partition coefficient (Wildman–Crippen LogP) is 2.69. The number of ether oxygens (including phenoxy) is 3. The van der Waals surface area contributed by atoms with Gasteiger partial charge in [-0.3, -0.25) is 4.79 Å². The molecule has 1 aliphatic heterocycles. The number of carbonyl (C=O) groups is 1. The van der Waals surface area contributed by atoms with Crippen molar-refractivity contribution in [1.29, 1.82) is 0 Å².